The Morgan fingerprint density at radius 1 is 0.520 bits per heavy atom. The number of carboxylic acids is 4. The van der Waals surface area contributed by atoms with Crippen LogP contribution in [0.1, 0.15) is 317 Å². The van der Waals surface area contributed by atoms with Crippen LogP contribution in [0, 0.1) is 118 Å². The van der Waals surface area contributed by atoms with Gasteiger partial charge in [-0.25, -0.2) is 8.42 Å². The number of aromatic hydroxyl groups is 1. The normalized spacial score (nSPS) is 28.2. The number of phenolic OH excluding ortho intramolecular Hbond substituents is 1. The number of unbranched alkanes of at least 4 members (excludes halogenated alkanes) is 3. The summed E-state index contributed by atoms with van der Waals surface area (Å²) in [7, 11) is 0.191. The molecule has 0 aromatic heterocycles. The molecular formula is C121H170N6O18Pt2S-6. The number of sulfone groups is 1. The van der Waals surface area contributed by atoms with Crippen LogP contribution in [0.3, 0.4) is 0 Å². The first-order valence-electron chi connectivity index (χ1n) is 55.6. The number of anilines is 1. The van der Waals surface area contributed by atoms with E-state index in [-0.39, 0.29) is 118 Å². The van der Waals surface area contributed by atoms with Crippen molar-refractivity contribution in [2.45, 2.75) is 348 Å². The Balaban J connectivity index is 0.000000242. The molecule has 824 valence electrons. The monoisotopic (exact) mass is 2420 g/mol. The number of carbonyl (C=O) groups excluding carboxylic acids is 5. The van der Waals surface area contributed by atoms with Crippen LogP contribution in [-0.4, -0.2) is 164 Å². The number of benzene rings is 5. The number of aliphatic carboxylic acids is 4. The first-order valence-corrected chi connectivity index (χ1v) is 57.3. The van der Waals surface area contributed by atoms with Crippen LogP contribution in [0.15, 0.2) is 134 Å². The smallest absolute Gasteiger partial charge is 0.323 e. The number of hydrogen-bond donors (Lipinski definition) is 4. The summed E-state index contributed by atoms with van der Waals surface area (Å²) in [6.45, 7) is 29.6. The summed E-state index contributed by atoms with van der Waals surface area (Å²) in [5.74, 6) is 2.51. The molecule has 0 spiro atoms. The summed E-state index contributed by atoms with van der Waals surface area (Å²) < 4.78 is 45.7. The van der Waals surface area contributed by atoms with Gasteiger partial charge in [0.2, 0.25) is 0 Å². The van der Waals surface area contributed by atoms with E-state index in [9.17, 15) is 72.3 Å². The van der Waals surface area contributed by atoms with Crippen molar-refractivity contribution in [2.24, 2.45) is 105 Å². The maximum atomic E-state index is 14.2. The van der Waals surface area contributed by atoms with Crippen molar-refractivity contribution in [3.05, 3.63) is 161 Å². The van der Waals surface area contributed by atoms with Crippen LogP contribution in [0.25, 0.3) is 55.7 Å². The van der Waals surface area contributed by atoms with Crippen LogP contribution in [0.2, 0.25) is 0 Å². The Kier molecular flexibility index (Phi) is 44.0. The van der Waals surface area contributed by atoms with E-state index in [0.29, 0.717) is 148 Å². The van der Waals surface area contributed by atoms with Gasteiger partial charge in [-0.05, 0) is 263 Å². The number of nitrogens with zero attached hydrogens (tertiary/aromatic N) is 3. The number of amides is 1. The summed E-state index contributed by atoms with van der Waals surface area (Å²) in [6.07, 6.45) is 40.7. The Labute approximate surface area is 910 Å². The van der Waals surface area contributed by atoms with Gasteiger partial charge in [0.25, 0.3) is 5.91 Å². The standard InChI is InChI=1S/C57H72N2O10.C50H74N2O8S.2C7H13N.2Pt/c1-34(2)11-10-12-35(3)45-22-23-46-42-19-16-36-29-39(24-26-56(36,4)47(42)25-27-57(45,46)5)68-55(67)48(59(32-51(62)63)33-52(64)65)15-8-9-28-58-54(66)41-14-7-6-13-40(41)53-43-20-17-37(60)30-49(43)69-50-31-38(61)18-21-44(50)53;1-33(2)14-11-15-34(3)40-23-24-41-39-22-21-35-30-36(25-27-49(35,4)42(39)26-28-50(40,41)5)60-48(57)44(52(31-46(53)54)32-47(55)56)18-9-8-10-29-61(58,59)45-20-13-16-37-38(45)17-12-19-43(37)51(6)7;2*1-6-4-2-3-5-7(6)8;;/h6-7,13-14,16-18,20-21,30-31,34-35,39,42,45-48,60H,8-12,15,19,22-29,32-33H2,1-5H3,(H,58,66)(H,62,63)(H,64,65);12-13,16-17,19-21,33-34,36,39-42,44H,8-11,14-15,18,22-32H2,1-7H3,(H,53,54)(H,55,56);2*6-8H,1-5H2;;/q;;2*-2;;/p-2/t35-,39+,42?,45-,46?,47?,48?,56+,57-;34-,36+,39?,40-,41?,42?,44?,49+,50-;;;;/m11..../s1. The molecule has 148 heavy (non-hydrogen) atoms. The average molecular weight is 2420 g/mol. The maximum Gasteiger partial charge on any atom is 0.323 e. The molecule has 4 aromatic carbocycles. The minimum Gasteiger partial charge on any atom is -0.677 e. The number of esters is 2. The minimum absolute atomic E-state index is 0. The van der Waals surface area contributed by atoms with E-state index in [4.69, 9.17) is 25.4 Å². The zero-order chi connectivity index (χ0) is 105. The number of hydrogen-bond acceptors (Lipinski definition) is 19. The fraction of sp³-hybridized carbons (Fsp3) is 0.653. The van der Waals surface area contributed by atoms with Crippen LogP contribution in [-0.2, 0) is 90.2 Å². The third-order valence-corrected chi connectivity index (χ3v) is 38.9. The van der Waals surface area contributed by atoms with Crippen LogP contribution < -0.4 is 25.9 Å². The summed E-state index contributed by atoms with van der Waals surface area (Å²) in [5.41, 5.74) is 21.7. The first-order chi connectivity index (χ1) is 69.4. The van der Waals surface area contributed by atoms with E-state index < -0.39 is 90.0 Å². The number of ether oxygens (including phenoxy) is 2. The second-order valence-corrected chi connectivity index (χ2v) is 49.7. The van der Waals surface area contributed by atoms with Gasteiger partial charge in [0.05, 0.1) is 35.7 Å². The fourth-order valence-corrected chi connectivity index (χ4v) is 30.8. The summed E-state index contributed by atoms with van der Waals surface area (Å²) in [4.78, 5) is 107. The predicted octanol–water partition coefficient (Wildman–Crippen LogP) is 23.2. The molecule has 0 saturated heterocycles. The number of nitrogens with one attached hydrogen (secondary N) is 3. The van der Waals surface area contributed by atoms with Crippen molar-refractivity contribution < 1.29 is 124 Å². The Hall–Kier alpha value is -7.63. The SMILES string of the molecule is CC(C)CCC[C@@H](C)[C@H]1CCC2C3CC=C4C[C@@H](OC(=O)C(CCCCCS(=O)(=O)c5cccc6c(N(C)C)cccc56)N(CC(=O)[O-])CC(=O)O)CC[C@]4(C)C3CC[C@@]21C.CC(C)CCC[C@@H](C)[C@H]1CCC2C3CC=C4C[C@@H](OC(=O)C(CCCCNC(=O)c5ccccc5-c5c6ccc(=O)cc-6oc6cc(O)ccc56)N(CC(=O)[O-])CC(=O)O)CC[C@]4(C)C3CC[C@@]21C.[CH2-]C1CCCCC1[NH-].[CH2-]C1CCCCC1[NH-].[Pt].[Pt]. The topological polar surface area (TPSA) is 378 Å². The van der Waals surface area contributed by atoms with Gasteiger partial charge < -0.3 is 84.5 Å². The van der Waals surface area contributed by atoms with Crippen molar-refractivity contribution in [3.8, 4) is 28.2 Å². The molecular weight excluding hydrogens is 2250 g/mol. The van der Waals surface area contributed by atoms with Crippen molar-refractivity contribution in [3.63, 3.8) is 0 Å². The molecule has 11 aliphatic carbocycles. The van der Waals surface area contributed by atoms with Gasteiger partial charge in [-0.1, -0.05) is 238 Å². The minimum atomic E-state index is -3.65. The Morgan fingerprint density at radius 2 is 1.01 bits per heavy atom. The van der Waals surface area contributed by atoms with Crippen molar-refractivity contribution in [2.75, 3.05) is 57.5 Å². The zero-order valence-corrected chi connectivity index (χ0v) is 95.5. The van der Waals surface area contributed by atoms with Crippen LogP contribution >= 0.6 is 0 Å². The second-order valence-electron chi connectivity index (χ2n) is 47.7. The van der Waals surface area contributed by atoms with E-state index in [1.165, 1.54) is 164 Å². The fourth-order valence-electron chi connectivity index (χ4n) is 29.2. The van der Waals surface area contributed by atoms with Crippen LogP contribution in [0.5, 0.6) is 5.75 Å². The predicted molar refractivity (Wildman–Crippen MR) is 574 cm³/mol. The van der Waals surface area contributed by atoms with Gasteiger partial charge in [-0.2, -0.15) is 23.9 Å². The Morgan fingerprint density at radius 3 is 1.49 bits per heavy atom. The number of phenols is 1. The van der Waals surface area contributed by atoms with E-state index in [2.05, 4.69) is 101 Å². The summed E-state index contributed by atoms with van der Waals surface area (Å²) >= 11 is 0. The largest absolute Gasteiger partial charge is 0.677 e. The molecule has 0 bridgehead atoms. The van der Waals surface area contributed by atoms with E-state index in [1.54, 1.807) is 36.4 Å². The van der Waals surface area contributed by atoms with E-state index in [0.717, 1.165) is 107 Å². The molecule has 1 amide bonds. The molecule has 4 aromatic rings. The molecule has 24 nitrogen and oxygen atoms in total. The molecule has 0 radical (unpaired) electrons. The van der Waals surface area contributed by atoms with Gasteiger partial charge in [0.15, 0.2) is 15.3 Å². The molecule has 1 heterocycles. The number of allylic oxidation sites excluding steroid dienone is 2. The molecule has 8 saturated carbocycles. The van der Waals surface area contributed by atoms with Crippen molar-refractivity contribution in [1.82, 2.24) is 15.1 Å². The molecule has 6 N–H and O–H groups in total. The third kappa shape index (κ3) is 29.3. The summed E-state index contributed by atoms with van der Waals surface area (Å²) in [6, 6.07) is 25.2. The van der Waals surface area contributed by atoms with Gasteiger partial charge in [0.1, 0.15) is 41.4 Å². The molecule has 12 aliphatic rings. The second kappa shape index (κ2) is 54.0. The number of carbonyl (C=O) groups is 7. The first kappa shape index (κ1) is 121. The van der Waals surface area contributed by atoms with Gasteiger partial charge in [-0.15, -0.1) is 0 Å². The zero-order valence-electron chi connectivity index (χ0n) is 90.1. The maximum absolute atomic E-state index is 14.2. The number of fused-ring (bicyclic) bond motifs is 13. The Bertz CT molecular complexity index is 5610. The molecule has 22 atom stereocenters. The van der Waals surface area contributed by atoms with Gasteiger partial charge in [-0.3, -0.25) is 38.6 Å². The van der Waals surface area contributed by atoms with Crippen molar-refractivity contribution in [1.29, 1.82) is 0 Å². The quantitative estimate of drug-likeness (QED) is 0.00915. The van der Waals surface area contributed by atoms with Gasteiger partial charge in [0, 0.05) is 139 Å². The van der Waals surface area contributed by atoms with Crippen LogP contribution in [0.4, 0.5) is 5.69 Å². The van der Waals surface area contributed by atoms with E-state index >= 15 is 0 Å². The molecule has 8 fully saturated rings. The number of rotatable bonds is 39. The molecule has 1 aliphatic heterocycles. The number of carboxylic acid groups (broad SMARTS) is 4. The third-order valence-electron chi connectivity index (χ3n) is 37.0. The summed E-state index contributed by atoms with van der Waals surface area (Å²) in [5, 5.41) is 58.6. The molecule has 27 heteroatoms. The van der Waals surface area contributed by atoms with E-state index in [1.807, 2.05) is 55.4 Å². The van der Waals surface area contributed by atoms with Gasteiger partial charge >= 0.3 is 23.9 Å². The van der Waals surface area contributed by atoms with Crippen molar-refractivity contribution >= 4 is 79.0 Å². The molecule has 12 unspecified atom stereocenters. The average Bonchev–Trinajstić information content (AvgIpc) is 1.47. The molecule has 16 rings (SSSR count).